The maximum absolute atomic E-state index is 12.7. The van der Waals surface area contributed by atoms with Crippen LogP contribution in [0.1, 0.15) is 5.56 Å². The summed E-state index contributed by atoms with van der Waals surface area (Å²) in [6, 6.07) is 12.7. The normalized spacial score (nSPS) is 10.7. The lowest BCUT2D eigenvalue weighted by Gasteiger charge is -2.18. The molecule has 0 aliphatic carbocycles. The van der Waals surface area contributed by atoms with Gasteiger partial charge in [-0.15, -0.1) is 0 Å². The van der Waals surface area contributed by atoms with E-state index >= 15 is 0 Å². The molecular weight excluding hydrogens is 419 g/mol. The summed E-state index contributed by atoms with van der Waals surface area (Å²) in [5, 5.41) is 7.95. The van der Waals surface area contributed by atoms with Gasteiger partial charge < -0.3 is 9.64 Å². The molecule has 3 rings (SSSR count). The van der Waals surface area contributed by atoms with Crippen molar-refractivity contribution in [3.05, 3.63) is 62.8 Å². The van der Waals surface area contributed by atoms with Crippen LogP contribution in [0.5, 0.6) is 5.75 Å². The van der Waals surface area contributed by atoms with Crippen molar-refractivity contribution in [2.45, 2.75) is 13.1 Å². The standard InChI is InChI=1S/C19H18Cl2N4O2S/c1-24(10-12-3-8-15(20)16(21)9-12)17(26)11-25-18(22-23-19(25)28)13-4-6-14(27-2)7-5-13/h3-9H,10-11H2,1-2H3,(H,23,28). The highest BCUT2D eigenvalue weighted by Gasteiger charge is 2.16. The number of halogens is 2. The van der Waals surface area contributed by atoms with Crippen molar-refractivity contribution in [3.8, 4) is 17.1 Å². The first-order chi connectivity index (χ1) is 13.4. The Balaban J connectivity index is 1.77. The van der Waals surface area contributed by atoms with E-state index in [1.54, 1.807) is 35.8 Å². The molecule has 3 aromatic rings. The zero-order valence-corrected chi connectivity index (χ0v) is 17.6. The Morgan fingerprint density at radius 2 is 1.93 bits per heavy atom. The second-order valence-corrected chi connectivity index (χ2v) is 7.37. The Bertz CT molecular complexity index is 1050. The fourth-order valence-corrected chi connectivity index (χ4v) is 3.20. The summed E-state index contributed by atoms with van der Waals surface area (Å²) in [5.74, 6) is 1.21. The van der Waals surface area contributed by atoms with Gasteiger partial charge in [-0.05, 0) is 54.2 Å². The molecule has 0 aliphatic rings. The van der Waals surface area contributed by atoms with Crippen LogP contribution in [0.3, 0.4) is 0 Å². The average molecular weight is 437 g/mol. The summed E-state index contributed by atoms with van der Waals surface area (Å²) < 4.78 is 7.22. The van der Waals surface area contributed by atoms with E-state index in [1.807, 2.05) is 30.3 Å². The first-order valence-electron chi connectivity index (χ1n) is 8.36. The minimum Gasteiger partial charge on any atom is -0.497 e. The van der Waals surface area contributed by atoms with Gasteiger partial charge in [0.25, 0.3) is 0 Å². The lowest BCUT2D eigenvalue weighted by atomic mass is 10.2. The molecule has 0 fully saturated rings. The van der Waals surface area contributed by atoms with E-state index in [2.05, 4.69) is 10.2 Å². The number of likely N-dealkylation sites (N-methyl/N-ethyl adjacent to an activating group) is 1. The lowest BCUT2D eigenvalue weighted by Crippen LogP contribution is -2.30. The fourth-order valence-electron chi connectivity index (χ4n) is 2.68. The van der Waals surface area contributed by atoms with E-state index in [0.717, 1.165) is 16.9 Å². The first kappa shape index (κ1) is 20.4. The first-order valence-corrected chi connectivity index (χ1v) is 9.53. The molecular formula is C19H18Cl2N4O2S. The number of aromatic amines is 1. The number of methoxy groups -OCH3 is 1. The summed E-state index contributed by atoms with van der Waals surface area (Å²) in [5.41, 5.74) is 1.71. The molecule has 0 radical (unpaired) electrons. The van der Waals surface area contributed by atoms with E-state index in [9.17, 15) is 4.79 Å². The summed E-state index contributed by atoms with van der Waals surface area (Å²) in [6.07, 6.45) is 0. The molecule has 1 aromatic heterocycles. The van der Waals surface area contributed by atoms with Crippen LogP contribution in [-0.2, 0) is 17.9 Å². The maximum atomic E-state index is 12.7. The van der Waals surface area contributed by atoms with Gasteiger partial charge in [0.15, 0.2) is 10.6 Å². The minimum absolute atomic E-state index is 0.0640. The number of aromatic nitrogens is 3. The number of benzene rings is 2. The zero-order valence-electron chi connectivity index (χ0n) is 15.3. The van der Waals surface area contributed by atoms with Crippen molar-refractivity contribution < 1.29 is 9.53 Å². The topological polar surface area (TPSA) is 63.1 Å². The number of nitrogens with one attached hydrogen (secondary N) is 1. The van der Waals surface area contributed by atoms with Crippen molar-refractivity contribution in [1.82, 2.24) is 19.7 Å². The van der Waals surface area contributed by atoms with Crippen LogP contribution in [0.25, 0.3) is 11.4 Å². The number of H-pyrrole nitrogens is 1. The molecule has 9 heteroatoms. The number of rotatable bonds is 6. The van der Waals surface area contributed by atoms with Crippen molar-refractivity contribution >= 4 is 41.3 Å². The Morgan fingerprint density at radius 1 is 1.21 bits per heavy atom. The molecule has 1 heterocycles. The van der Waals surface area contributed by atoms with E-state index in [0.29, 0.717) is 27.2 Å². The molecule has 0 spiro atoms. The number of hydrogen-bond donors (Lipinski definition) is 1. The molecule has 2 aromatic carbocycles. The van der Waals surface area contributed by atoms with Crippen LogP contribution in [0, 0.1) is 4.77 Å². The molecule has 0 unspecified atom stereocenters. The van der Waals surface area contributed by atoms with Gasteiger partial charge in [-0.25, -0.2) is 0 Å². The third-order valence-electron chi connectivity index (χ3n) is 4.23. The summed E-state index contributed by atoms with van der Waals surface area (Å²) in [4.78, 5) is 14.3. The molecule has 146 valence electrons. The Morgan fingerprint density at radius 3 is 2.57 bits per heavy atom. The fraction of sp³-hybridized carbons (Fsp3) is 0.211. The molecule has 28 heavy (non-hydrogen) atoms. The summed E-state index contributed by atoms with van der Waals surface area (Å²) in [6.45, 7) is 0.466. The van der Waals surface area contributed by atoms with Gasteiger partial charge in [0, 0.05) is 19.2 Å². The summed E-state index contributed by atoms with van der Waals surface area (Å²) in [7, 11) is 3.33. The van der Waals surface area contributed by atoms with Crippen LogP contribution in [-0.4, -0.2) is 39.7 Å². The zero-order chi connectivity index (χ0) is 20.3. The SMILES string of the molecule is COc1ccc(-c2n[nH]c(=S)n2CC(=O)N(C)Cc2ccc(Cl)c(Cl)c2)cc1. The number of hydrogen-bond acceptors (Lipinski definition) is 4. The highest BCUT2D eigenvalue weighted by atomic mass is 35.5. The minimum atomic E-state index is -0.113. The molecule has 6 nitrogen and oxygen atoms in total. The van der Waals surface area contributed by atoms with Gasteiger partial charge in [-0.2, -0.15) is 5.10 Å². The van der Waals surface area contributed by atoms with Crippen LogP contribution in [0.15, 0.2) is 42.5 Å². The predicted octanol–water partition coefficient (Wildman–Crippen LogP) is 4.58. The van der Waals surface area contributed by atoms with Gasteiger partial charge in [-0.1, -0.05) is 29.3 Å². The number of carbonyl (C=O) groups is 1. The van der Waals surface area contributed by atoms with E-state index < -0.39 is 0 Å². The Hall–Kier alpha value is -2.35. The van der Waals surface area contributed by atoms with Crippen molar-refractivity contribution in [3.63, 3.8) is 0 Å². The van der Waals surface area contributed by atoms with Gasteiger partial charge in [0.05, 0.1) is 17.2 Å². The Labute approximate surface area is 177 Å². The molecule has 0 saturated carbocycles. The number of amides is 1. The van der Waals surface area contributed by atoms with E-state index in [4.69, 9.17) is 40.2 Å². The molecule has 0 bridgehead atoms. The largest absolute Gasteiger partial charge is 0.497 e. The van der Waals surface area contributed by atoms with Gasteiger partial charge >= 0.3 is 0 Å². The third kappa shape index (κ3) is 4.55. The molecule has 1 N–H and O–H groups in total. The summed E-state index contributed by atoms with van der Waals surface area (Å²) >= 11 is 17.3. The molecule has 0 atom stereocenters. The van der Waals surface area contributed by atoms with Crippen LogP contribution < -0.4 is 4.74 Å². The maximum Gasteiger partial charge on any atom is 0.242 e. The second-order valence-electron chi connectivity index (χ2n) is 6.17. The smallest absolute Gasteiger partial charge is 0.242 e. The highest BCUT2D eigenvalue weighted by Crippen LogP contribution is 2.24. The van der Waals surface area contributed by atoms with Crippen molar-refractivity contribution in [1.29, 1.82) is 0 Å². The number of ether oxygens (including phenoxy) is 1. The monoisotopic (exact) mass is 436 g/mol. The number of carbonyl (C=O) groups excluding carboxylic acids is 1. The van der Waals surface area contributed by atoms with Crippen LogP contribution in [0.2, 0.25) is 10.0 Å². The molecule has 0 aliphatic heterocycles. The van der Waals surface area contributed by atoms with E-state index in [-0.39, 0.29) is 12.5 Å². The van der Waals surface area contributed by atoms with Crippen LogP contribution >= 0.6 is 35.4 Å². The highest BCUT2D eigenvalue weighted by molar-refractivity contribution is 7.71. The quantitative estimate of drug-likeness (QED) is 0.574. The second kappa shape index (κ2) is 8.77. The van der Waals surface area contributed by atoms with Gasteiger partial charge in [-0.3, -0.25) is 14.5 Å². The van der Waals surface area contributed by atoms with E-state index in [1.165, 1.54) is 0 Å². The number of nitrogens with zero attached hydrogens (tertiary/aromatic N) is 3. The van der Waals surface area contributed by atoms with Gasteiger partial charge in [0.1, 0.15) is 12.3 Å². The predicted molar refractivity (Wildman–Crippen MR) is 112 cm³/mol. The van der Waals surface area contributed by atoms with Crippen LogP contribution in [0.4, 0.5) is 0 Å². The van der Waals surface area contributed by atoms with Crippen molar-refractivity contribution in [2.75, 3.05) is 14.2 Å². The third-order valence-corrected chi connectivity index (χ3v) is 5.28. The molecule has 1 amide bonds. The Kier molecular flexibility index (Phi) is 6.39. The average Bonchev–Trinajstić information content (AvgIpc) is 3.05. The van der Waals surface area contributed by atoms with Crippen molar-refractivity contribution in [2.24, 2.45) is 0 Å². The molecule has 0 saturated heterocycles. The lowest BCUT2D eigenvalue weighted by molar-refractivity contribution is -0.131. The van der Waals surface area contributed by atoms with Gasteiger partial charge in [0.2, 0.25) is 5.91 Å².